The smallest absolute Gasteiger partial charge is 0.306 e. The molecule has 1 heterocycles. The second-order valence-electron chi connectivity index (χ2n) is 5.76. The van der Waals surface area contributed by atoms with Crippen LogP contribution in [-0.2, 0) is 16.0 Å². The van der Waals surface area contributed by atoms with Gasteiger partial charge in [-0.1, -0.05) is 12.1 Å². The fourth-order valence-electron chi connectivity index (χ4n) is 2.73. The topological polar surface area (TPSA) is 76.1 Å². The summed E-state index contributed by atoms with van der Waals surface area (Å²) in [5, 5.41) is 8.99. The zero-order chi connectivity index (χ0) is 17.5. The SMILES string of the molecule is C=CCc1ccc(OCC(=O)N2CCC(C(=O)O)CC2)c(OC)c1. The molecule has 24 heavy (non-hydrogen) atoms. The Kier molecular flexibility index (Phi) is 6.23. The number of methoxy groups -OCH3 is 1. The molecule has 0 atom stereocenters. The third-order valence-electron chi connectivity index (χ3n) is 4.16. The van der Waals surface area contributed by atoms with Crippen LogP contribution in [-0.4, -0.2) is 48.7 Å². The molecule has 1 saturated heterocycles. The fourth-order valence-corrected chi connectivity index (χ4v) is 2.73. The average Bonchev–Trinajstić information content (AvgIpc) is 2.60. The molecule has 1 aliphatic heterocycles. The maximum Gasteiger partial charge on any atom is 0.306 e. The maximum absolute atomic E-state index is 12.2. The summed E-state index contributed by atoms with van der Waals surface area (Å²) in [6, 6.07) is 5.55. The highest BCUT2D eigenvalue weighted by Crippen LogP contribution is 2.28. The molecule has 1 aromatic carbocycles. The van der Waals surface area contributed by atoms with Gasteiger partial charge in [0.15, 0.2) is 18.1 Å². The van der Waals surface area contributed by atoms with E-state index in [9.17, 15) is 9.59 Å². The quantitative estimate of drug-likeness (QED) is 0.774. The zero-order valence-corrected chi connectivity index (χ0v) is 13.9. The molecule has 0 bridgehead atoms. The van der Waals surface area contributed by atoms with Crippen molar-refractivity contribution >= 4 is 11.9 Å². The van der Waals surface area contributed by atoms with E-state index < -0.39 is 5.97 Å². The van der Waals surface area contributed by atoms with Crippen molar-refractivity contribution < 1.29 is 24.2 Å². The second-order valence-corrected chi connectivity index (χ2v) is 5.76. The molecule has 0 spiro atoms. The van der Waals surface area contributed by atoms with E-state index in [0.29, 0.717) is 37.4 Å². The molecule has 2 rings (SSSR count). The molecule has 1 N–H and O–H groups in total. The first-order chi connectivity index (χ1) is 11.5. The number of aliphatic carboxylic acids is 1. The minimum Gasteiger partial charge on any atom is -0.493 e. The van der Waals surface area contributed by atoms with Gasteiger partial charge in [0.1, 0.15) is 0 Å². The van der Waals surface area contributed by atoms with Gasteiger partial charge in [-0.25, -0.2) is 0 Å². The first-order valence-electron chi connectivity index (χ1n) is 7.96. The van der Waals surface area contributed by atoms with E-state index in [4.69, 9.17) is 14.6 Å². The lowest BCUT2D eigenvalue weighted by molar-refractivity contribution is -0.146. The van der Waals surface area contributed by atoms with Crippen LogP contribution >= 0.6 is 0 Å². The number of benzene rings is 1. The number of amides is 1. The number of likely N-dealkylation sites (tertiary alicyclic amines) is 1. The number of ether oxygens (including phenoxy) is 2. The van der Waals surface area contributed by atoms with Crippen molar-refractivity contribution in [2.45, 2.75) is 19.3 Å². The summed E-state index contributed by atoms with van der Waals surface area (Å²) in [6.07, 6.45) is 3.51. The number of carboxylic acid groups (broad SMARTS) is 1. The van der Waals surface area contributed by atoms with Crippen LogP contribution in [0.5, 0.6) is 11.5 Å². The summed E-state index contributed by atoms with van der Waals surface area (Å²) >= 11 is 0. The monoisotopic (exact) mass is 333 g/mol. The lowest BCUT2D eigenvalue weighted by Gasteiger charge is -2.30. The first-order valence-corrected chi connectivity index (χ1v) is 7.96. The molecule has 6 nitrogen and oxygen atoms in total. The van der Waals surface area contributed by atoms with Gasteiger partial charge in [0.05, 0.1) is 13.0 Å². The Morgan fingerprint density at radius 1 is 1.33 bits per heavy atom. The molecule has 0 aliphatic carbocycles. The van der Waals surface area contributed by atoms with Crippen LogP contribution in [0.4, 0.5) is 0 Å². The molecule has 130 valence electrons. The van der Waals surface area contributed by atoms with Crippen molar-refractivity contribution in [3.8, 4) is 11.5 Å². The number of hydrogen-bond donors (Lipinski definition) is 1. The van der Waals surface area contributed by atoms with E-state index in [1.807, 2.05) is 12.1 Å². The van der Waals surface area contributed by atoms with Crippen LogP contribution < -0.4 is 9.47 Å². The highest BCUT2D eigenvalue weighted by atomic mass is 16.5. The highest BCUT2D eigenvalue weighted by Gasteiger charge is 2.27. The number of carbonyl (C=O) groups excluding carboxylic acids is 1. The van der Waals surface area contributed by atoms with Crippen molar-refractivity contribution in [3.05, 3.63) is 36.4 Å². The summed E-state index contributed by atoms with van der Waals surface area (Å²) in [5.74, 6) is -0.197. The van der Waals surface area contributed by atoms with E-state index in [0.717, 1.165) is 12.0 Å². The lowest BCUT2D eigenvalue weighted by atomic mass is 9.97. The van der Waals surface area contributed by atoms with Crippen molar-refractivity contribution in [1.29, 1.82) is 0 Å². The fraction of sp³-hybridized carbons (Fsp3) is 0.444. The number of carboxylic acids is 1. The number of hydrogen-bond acceptors (Lipinski definition) is 4. The van der Waals surface area contributed by atoms with E-state index in [1.165, 1.54) is 0 Å². The second kappa shape index (κ2) is 8.38. The highest BCUT2D eigenvalue weighted by molar-refractivity contribution is 5.78. The molecule has 1 amide bonds. The van der Waals surface area contributed by atoms with Crippen LogP contribution in [0, 0.1) is 5.92 Å². The van der Waals surface area contributed by atoms with Gasteiger partial charge in [-0.2, -0.15) is 0 Å². The number of nitrogens with zero attached hydrogens (tertiary/aromatic N) is 1. The van der Waals surface area contributed by atoms with Crippen LogP contribution in [0.25, 0.3) is 0 Å². The van der Waals surface area contributed by atoms with Gasteiger partial charge < -0.3 is 19.5 Å². The normalized spacial score (nSPS) is 15.0. The summed E-state index contributed by atoms with van der Waals surface area (Å²) in [7, 11) is 1.55. The Balaban J connectivity index is 1.90. The van der Waals surface area contributed by atoms with Gasteiger partial charge in [-0.05, 0) is 37.0 Å². The molecule has 1 fully saturated rings. The van der Waals surface area contributed by atoms with E-state index >= 15 is 0 Å². The van der Waals surface area contributed by atoms with Gasteiger partial charge in [0.25, 0.3) is 5.91 Å². The summed E-state index contributed by atoms with van der Waals surface area (Å²) in [4.78, 5) is 24.8. The standard InChI is InChI=1S/C18H23NO5/c1-3-4-13-5-6-15(16(11-13)23-2)24-12-17(20)19-9-7-14(8-10-19)18(21)22/h3,5-6,11,14H,1,4,7-10,12H2,2H3,(H,21,22). The molecular formula is C18H23NO5. The summed E-state index contributed by atoms with van der Waals surface area (Å²) in [5.41, 5.74) is 1.05. The molecule has 1 aliphatic rings. The average molecular weight is 333 g/mol. The van der Waals surface area contributed by atoms with Crippen LogP contribution in [0.15, 0.2) is 30.9 Å². The third-order valence-corrected chi connectivity index (χ3v) is 4.16. The number of allylic oxidation sites excluding steroid dienone is 1. The van der Waals surface area contributed by atoms with Gasteiger partial charge in [-0.3, -0.25) is 9.59 Å². The van der Waals surface area contributed by atoms with Crippen molar-refractivity contribution in [3.63, 3.8) is 0 Å². The van der Waals surface area contributed by atoms with Gasteiger partial charge >= 0.3 is 5.97 Å². The van der Waals surface area contributed by atoms with Crippen LogP contribution in [0.3, 0.4) is 0 Å². The van der Waals surface area contributed by atoms with Gasteiger partial charge in [-0.15, -0.1) is 6.58 Å². The van der Waals surface area contributed by atoms with Crippen molar-refractivity contribution in [2.24, 2.45) is 5.92 Å². The lowest BCUT2D eigenvalue weighted by Crippen LogP contribution is -2.42. The van der Waals surface area contributed by atoms with Gasteiger partial charge in [0.2, 0.25) is 0 Å². The molecule has 0 aromatic heterocycles. The van der Waals surface area contributed by atoms with E-state index in [-0.39, 0.29) is 18.4 Å². The molecule has 1 aromatic rings. The van der Waals surface area contributed by atoms with E-state index in [2.05, 4.69) is 6.58 Å². The predicted molar refractivity (Wildman–Crippen MR) is 89.3 cm³/mol. The predicted octanol–water partition coefficient (Wildman–Crippen LogP) is 2.13. The Morgan fingerprint density at radius 2 is 2.04 bits per heavy atom. The number of piperidine rings is 1. The van der Waals surface area contributed by atoms with Crippen LogP contribution in [0.1, 0.15) is 18.4 Å². The molecule has 6 heteroatoms. The molecule has 0 saturated carbocycles. The maximum atomic E-state index is 12.2. The summed E-state index contributed by atoms with van der Waals surface area (Å²) < 4.78 is 10.9. The first kappa shape index (κ1) is 17.8. The third kappa shape index (κ3) is 4.50. The minimum atomic E-state index is -0.789. The molecule has 0 unspecified atom stereocenters. The Morgan fingerprint density at radius 3 is 2.62 bits per heavy atom. The largest absolute Gasteiger partial charge is 0.493 e. The number of rotatable bonds is 7. The summed E-state index contributed by atoms with van der Waals surface area (Å²) in [6.45, 7) is 4.52. The number of carbonyl (C=O) groups is 2. The Hall–Kier alpha value is -2.50. The van der Waals surface area contributed by atoms with E-state index in [1.54, 1.807) is 24.2 Å². The molecular weight excluding hydrogens is 310 g/mol. The van der Waals surface area contributed by atoms with Crippen molar-refractivity contribution in [1.82, 2.24) is 4.90 Å². The Labute approximate surface area is 141 Å². The van der Waals surface area contributed by atoms with Crippen LogP contribution in [0.2, 0.25) is 0 Å². The zero-order valence-electron chi connectivity index (χ0n) is 13.9. The minimum absolute atomic E-state index is 0.0884. The Bertz CT molecular complexity index is 605. The van der Waals surface area contributed by atoms with Gasteiger partial charge in [0, 0.05) is 13.1 Å². The van der Waals surface area contributed by atoms with Crippen molar-refractivity contribution in [2.75, 3.05) is 26.8 Å². The molecule has 0 radical (unpaired) electrons.